The van der Waals surface area contributed by atoms with Gasteiger partial charge in [0.2, 0.25) is 4.80 Å². The molecule has 0 amide bonds. The second-order valence-electron chi connectivity index (χ2n) is 5.71. The smallest absolute Gasteiger partial charge is 0.210 e. The number of hydrogen-bond acceptors (Lipinski definition) is 4. The lowest BCUT2D eigenvalue weighted by Gasteiger charge is -2.05. The minimum atomic E-state index is 0.671. The summed E-state index contributed by atoms with van der Waals surface area (Å²) in [5.41, 5.74) is 4.17. The van der Waals surface area contributed by atoms with Crippen molar-refractivity contribution in [2.45, 2.75) is 13.8 Å². The molecule has 0 unspecified atom stereocenters. The van der Waals surface area contributed by atoms with E-state index in [1.807, 2.05) is 57.3 Å². The predicted octanol–water partition coefficient (Wildman–Crippen LogP) is 5.24. The molecule has 0 radical (unpaired) electrons. The molecule has 134 valence electrons. The molecule has 3 aromatic rings. The van der Waals surface area contributed by atoms with Crippen LogP contribution >= 0.6 is 27.3 Å². The van der Waals surface area contributed by atoms with Crippen molar-refractivity contribution in [1.82, 2.24) is 4.57 Å². The minimum Gasteiger partial charge on any atom is -0.494 e. The molecule has 2 aromatic carbocycles. The normalized spacial score (nSPS) is 12.5. The van der Waals surface area contributed by atoms with E-state index in [0.29, 0.717) is 6.61 Å². The Morgan fingerprint density at radius 3 is 2.46 bits per heavy atom. The van der Waals surface area contributed by atoms with E-state index in [0.717, 1.165) is 37.6 Å². The molecule has 3 rings (SSSR count). The molecule has 0 aliphatic carbocycles. The Morgan fingerprint density at radius 2 is 1.81 bits per heavy atom. The Morgan fingerprint density at radius 1 is 1.12 bits per heavy atom. The second kappa shape index (κ2) is 8.47. The first-order valence-electron chi connectivity index (χ1n) is 8.30. The molecule has 0 N–H and O–H groups in total. The first-order valence-corrected chi connectivity index (χ1v) is 9.97. The van der Waals surface area contributed by atoms with E-state index >= 15 is 0 Å². The average molecular weight is 430 g/mol. The SMILES string of the molecule is CCOc1ccc(-c2cs/c(=N\N=C(/C)c3ccc(Br)cc3)n2C)cc1. The lowest BCUT2D eigenvalue weighted by Crippen LogP contribution is -2.11. The molecule has 26 heavy (non-hydrogen) atoms. The number of benzene rings is 2. The Kier molecular flexibility index (Phi) is 6.06. The van der Waals surface area contributed by atoms with Crippen molar-refractivity contribution in [3.8, 4) is 17.0 Å². The van der Waals surface area contributed by atoms with Crippen LogP contribution in [0.3, 0.4) is 0 Å². The second-order valence-corrected chi connectivity index (χ2v) is 7.46. The van der Waals surface area contributed by atoms with Gasteiger partial charge in [0.25, 0.3) is 0 Å². The van der Waals surface area contributed by atoms with Crippen LogP contribution in [-0.2, 0) is 7.05 Å². The lowest BCUT2D eigenvalue weighted by molar-refractivity contribution is 0.340. The van der Waals surface area contributed by atoms with Gasteiger partial charge in [-0.2, -0.15) is 5.10 Å². The van der Waals surface area contributed by atoms with Crippen LogP contribution in [0.15, 0.2) is 68.6 Å². The molecule has 6 heteroatoms. The summed E-state index contributed by atoms with van der Waals surface area (Å²) in [6.07, 6.45) is 0. The van der Waals surface area contributed by atoms with Crippen molar-refractivity contribution in [3.63, 3.8) is 0 Å². The fourth-order valence-corrected chi connectivity index (χ4v) is 3.60. The van der Waals surface area contributed by atoms with Gasteiger partial charge in [-0.15, -0.1) is 16.4 Å². The largest absolute Gasteiger partial charge is 0.494 e. The van der Waals surface area contributed by atoms with Gasteiger partial charge in [0, 0.05) is 16.9 Å². The van der Waals surface area contributed by atoms with Crippen molar-refractivity contribution in [2.24, 2.45) is 17.3 Å². The highest BCUT2D eigenvalue weighted by Gasteiger charge is 2.05. The van der Waals surface area contributed by atoms with Gasteiger partial charge in [-0.1, -0.05) is 28.1 Å². The van der Waals surface area contributed by atoms with Crippen LogP contribution in [0.1, 0.15) is 19.4 Å². The lowest BCUT2D eigenvalue weighted by atomic mass is 10.1. The maximum Gasteiger partial charge on any atom is 0.210 e. The number of rotatable bonds is 5. The standard InChI is InChI=1S/C20H20BrN3OS/c1-4-25-18-11-7-16(8-12-18)19-13-26-20(24(19)3)23-22-14(2)15-5-9-17(21)10-6-15/h5-13H,4H2,1-3H3/b22-14+,23-20-. The fourth-order valence-electron chi connectivity index (χ4n) is 2.48. The van der Waals surface area contributed by atoms with Gasteiger partial charge >= 0.3 is 0 Å². The maximum atomic E-state index is 5.50. The summed E-state index contributed by atoms with van der Waals surface area (Å²) >= 11 is 5.02. The van der Waals surface area contributed by atoms with Crippen LogP contribution in [0.25, 0.3) is 11.3 Å². The topological polar surface area (TPSA) is 38.9 Å². The molecule has 0 atom stereocenters. The van der Waals surface area contributed by atoms with E-state index in [9.17, 15) is 0 Å². The first kappa shape index (κ1) is 18.6. The van der Waals surface area contributed by atoms with Crippen molar-refractivity contribution < 1.29 is 4.74 Å². The van der Waals surface area contributed by atoms with E-state index in [1.54, 1.807) is 11.3 Å². The molecule has 0 aliphatic rings. The fraction of sp³-hybridized carbons (Fsp3) is 0.200. The van der Waals surface area contributed by atoms with Gasteiger partial charge in [0.05, 0.1) is 18.0 Å². The van der Waals surface area contributed by atoms with Crippen LogP contribution in [-0.4, -0.2) is 16.9 Å². The average Bonchev–Trinajstić information content (AvgIpc) is 3.02. The van der Waals surface area contributed by atoms with Crippen LogP contribution in [0.5, 0.6) is 5.75 Å². The summed E-state index contributed by atoms with van der Waals surface area (Å²) in [5.74, 6) is 0.883. The number of aromatic nitrogens is 1. The van der Waals surface area contributed by atoms with Gasteiger partial charge < -0.3 is 9.30 Å². The molecular weight excluding hydrogens is 410 g/mol. The predicted molar refractivity (Wildman–Crippen MR) is 112 cm³/mol. The van der Waals surface area contributed by atoms with Gasteiger partial charge in [0.1, 0.15) is 5.75 Å². The molecule has 4 nitrogen and oxygen atoms in total. The summed E-state index contributed by atoms with van der Waals surface area (Å²) < 4.78 is 8.61. The van der Waals surface area contributed by atoms with E-state index < -0.39 is 0 Å². The third-order valence-corrected chi connectivity index (χ3v) is 5.37. The van der Waals surface area contributed by atoms with Crippen molar-refractivity contribution in [2.75, 3.05) is 6.61 Å². The van der Waals surface area contributed by atoms with Gasteiger partial charge in [0.15, 0.2) is 0 Å². The Balaban J connectivity index is 1.87. The van der Waals surface area contributed by atoms with Crippen LogP contribution in [0.2, 0.25) is 0 Å². The number of halogens is 1. The molecule has 1 heterocycles. The molecule has 0 saturated heterocycles. The Labute approximate surface area is 165 Å². The molecule has 0 spiro atoms. The summed E-state index contributed by atoms with van der Waals surface area (Å²) in [6, 6.07) is 16.2. The first-order chi connectivity index (χ1) is 12.6. The molecule has 0 saturated carbocycles. The monoisotopic (exact) mass is 429 g/mol. The third kappa shape index (κ3) is 4.31. The molecule has 0 aliphatic heterocycles. The van der Waals surface area contributed by atoms with Crippen molar-refractivity contribution in [3.05, 3.63) is 68.7 Å². The minimum absolute atomic E-state index is 0.671. The van der Waals surface area contributed by atoms with Crippen LogP contribution in [0, 0.1) is 0 Å². The summed E-state index contributed by atoms with van der Waals surface area (Å²) in [5, 5.41) is 10.9. The Bertz CT molecular complexity index is 970. The van der Waals surface area contributed by atoms with Crippen molar-refractivity contribution in [1.29, 1.82) is 0 Å². The summed E-state index contributed by atoms with van der Waals surface area (Å²) in [7, 11) is 2.01. The zero-order chi connectivity index (χ0) is 18.5. The number of thiazole rings is 1. The van der Waals surface area contributed by atoms with E-state index in [-0.39, 0.29) is 0 Å². The molecule has 0 bridgehead atoms. The Hall–Kier alpha value is -2.18. The van der Waals surface area contributed by atoms with Crippen LogP contribution in [0.4, 0.5) is 0 Å². The van der Waals surface area contributed by atoms with Crippen molar-refractivity contribution >= 4 is 33.0 Å². The highest BCUT2D eigenvalue weighted by Crippen LogP contribution is 2.22. The van der Waals surface area contributed by atoms with Gasteiger partial charge in [-0.3, -0.25) is 0 Å². The highest BCUT2D eigenvalue weighted by molar-refractivity contribution is 9.10. The van der Waals surface area contributed by atoms with Crippen LogP contribution < -0.4 is 9.54 Å². The molecule has 0 fully saturated rings. The van der Waals surface area contributed by atoms with Gasteiger partial charge in [-0.25, -0.2) is 0 Å². The summed E-state index contributed by atoms with van der Waals surface area (Å²) in [6.45, 7) is 4.62. The zero-order valence-electron chi connectivity index (χ0n) is 14.9. The quantitative estimate of drug-likeness (QED) is 0.403. The van der Waals surface area contributed by atoms with E-state index in [1.165, 1.54) is 0 Å². The molecular formula is C20H20BrN3OS. The molecule has 1 aromatic heterocycles. The van der Waals surface area contributed by atoms with E-state index in [4.69, 9.17) is 4.74 Å². The summed E-state index contributed by atoms with van der Waals surface area (Å²) in [4.78, 5) is 0.852. The van der Waals surface area contributed by atoms with E-state index in [2.05, 4.69) is 48.2 Å². The highest BCUT2D eigenvalue weighted by atomic mass is 79.9. The van der Waals surface area contributed by atoms with Gasteiger partial charge in [-0.05, 0) is 61.4 Å². The maximum absolute atomic E-state index is 5.50. The zero-order valence-corrected chi connectivity index (χ0v) is 17.3. The number of hydrogen-bond donors (Lipinski definition) is 0. The third-order valence-electron chi connectivity index (χ3n) is 3.93. The number of nitrogens with zero attached hydrogens (tertiary/aromatic N) is 3. The number of ether oxygens (including phenoxy) is 1.